The van der Waals surface area contributed by atoms with Gasteiger partial charge in [-0.15, -0.1) is 0 Å². The summed E-state index contributed by atoms with van der Waals surface area (Å²) in [5.74, 6) is 0.591. The van der Waals surface area contributed by atoms with Crippen LogP contribution < -0.4 is 0 Å². The lowest BCUT2D eigenvalue weighted by atomic mass is 9.98. The number of nitrogens with zero attached hydrogens (tertiary/aromatic N) is 3. The van der Waals surface area contributed by atoms with Crippen molar-refractivity contribution in [2.45, 2.75) is 0 Å². The summed E-state index contributed by atoms with van der Waals surface area (Å²) < 4.78 is 18.1. The summed E-state index contributed by atoms with van der Waals surface area (Å²) in [4.78, 5) is 4.96. The summed E-state index contributed by atoms with van der Waals surface area (Å²) in [6.45, 7) is 0. The Morgan fingerprint density at radius 2 is 1.02 bits per heavy atom. The predicted molar refractivity (Wildman–Crippen MR) is 213 cm³/mol. The molecule has 0 aliphatic heterocycles. The minimum atomic E-state index is 0.591. The average molecular weight is 666 g/mol. The fraction of sp³-hybridized carbons (Fsp3) is 0. The molecule has 0 saturated heterocycles. The topological polar surface area (TPSA) is 49.0 Å². The lowest BCUT2D eigenvalue weighted by Crippen LogP contribution is -1.98. The van der Waals surface area contributed by atoms with Crippen molar-refractivity contribution in [1.82, 2.24) is 14.1 Å². The Balaban J connectivity index is 1.20. The quantitative estimate of drug-likeness (QED) is 0.189. The molecule has 52 heavy (non-hydrogen) atoms. The summed E-state index contributed by atoms with van der Waals surface area (Å²) in [5, 5.41) is 9.03. The van der Waals surface area contributed by atoms with Crippen LogP contribution in [0.4, 0.5) is 0 Å². The molecule has 5 heteroatoms. The molecule has 0 N–H and O–H groups in total. The highest BCUT2D eigenvalue weighted by atomic mass is 16.3. The molecule has 0 spiro atoms. The first-order valence-electron chi connectivity index (χ1n) is 17.6. The van der Waals surface area contributed by atoms with Gasteiger partial charge in [0.15, 0.2) is 5.58 Å². The van der Waals surface area contributed by atoms with Crippen LogP contribution in [-0.2, 0) is 0 Å². The second-order valence-corrected chi connectivity index (χ2v) is 13.5. The number of furan rings is 1. The van der Waals surface area contributed by atoms with Crippen molar-refractivity contribution in [1.29, 1.82) is 0 Å². The van der Waals surface area contributed by atoms with Gasteiger partial charge in [0, 0.05) is 44.1 Å². The zero-order valence-corrected chi connectivity index (χ0v) is 27.7. The summed E-state index contributed by atoms with van der Waals surface area (Å²) in [5.41, 5.74) is 11.0. The number of hydrogen-bond acceptors (Lipinski definition) is 3. The van der Waals surface area contributed by atoms with Gasteiger partial charge in [-0.2, -0.15) is 0 Å². The van der Waals surface area contributed by atoms with Gasteiger partial charge in [-0.25, -0.2) is 4.98 Å². The molecule has 0 radical (unpaired) electrons. The number of oxazole rings is 1. The second-order valence-electron chi connectivity index (χ2n) is 13.5. The van der Waals surface area contributed by atoms with Crippen LogP contribution in [0.25, 0.3) is 110 Å². The van der Waals surface area contributed by atoms with E-state index in [9.17, 15) is 0 Å². The van der Waals surface area contributed by atoms with Crippen LogP contribution in [0.15, 0.2) is 173 Å². The van der Waals surface area contributed by atoms with E-state index in [1.54, 1.807) is 0 Å². The second kappa shape index (κ2) is 10.2. The van der Waals surface area contributed by atoms with E-state index in [-0.39, 0.29) is 0 Å². The number of aromatic nitrogens is 3. The maximum Gasteiger partial charge on any atom is 0.228 e. The van der Waals surface area contributed by atoms with Gasteiger partial charge in [0.2, 0.25) is 5.89 Å². The highest BCUT2D eigenvalue weighted by Gasteiger charge is 2.24. The Labute approximate surface area is 296 Å². The Kier molecular flexibility index (Phi) is 5.44. The van der Waals surface area contributed by atoms with Crippen LogP contribution in [0.5, 0.6) is 0 Å². The van der Waals surface area contributed by atoms with Gasteiger partial charge in [-0.3, -0.25) is 0 Å². The minimum Gasteiger partial charge on any atom is -0.456 e. The smallest absolute Gasteiger partial charge is 0.228 e. The van der Waals surface area contributed by atoms with E-state index in [0.717, 1.165) is 71.8 Å². The van der Waals surface area contributed by atoms with Crippen molar-refractivity contribution in [3.8, 4) is 22.8 Å². The summed E-state index contributed by atoms with van der Waals surface area (Å²) >= 11 is 0. The number of para-hydroxylation sites is 5. The van der Waals surface area contributed by atoms with E-state index in [1.807, 2.05) is 24.3 Å². The minimum absolute atomic E-state index is 0.591. The zero-order chi connectivity index (χ0) is 33.9. The number of rotatable bonds is 3. The van der Waals surface area contributed by atoms with Gasteiger partial charge in [-0.05, 0) is 65.4 Å². The normalized spacial score (nSPS) is 12.2. The van der Waals surface area contributed by atoms with Crippen LogP contribution in [0.1, 0.15) is 0 Å². The summed E-state index contributed by atoms with van der Waals surface area (Å²) in [6.07, 6.45) is 0. The van der Waals surface area contributed by atoms with Crippen molar-refractivity contribution in [3.63, 3.8) is 0 Å². The molecule has 5 nitrogen and oxygen atoms in total. The van der Waals surface area contributed by atoms with Gasteiger partial charge in [0.25, 0.3) is 0 Å². The van der Waals surface area contributed by atoms with Crippen molar-refractivity contribution in [3.05, 3.63) is 164 Å². The van der Waals surface area contributed by atoms with Crippen molar-refractivity contribution in [2.75, 3.05) is 0 Å². The van der Waals surface area contributed by atoms with Gasteiger partial charge in [-0.1, -0.05) is 103 Å². The van der Waals surface area contributed by atoms with Crippen molar-refractivity contribution < 1.29 is 8.83 Å². The van der Waals surface area contributed by atoms with E-state index in [0.29, 0.717) is 5.89 Å². The Hall–Kier alpha value is -7.11. The number of fused-ring (bicyclic) bond motifs is 12. The Morgan fingerprint density at radius 1 is 0.404 bits per heavy atom. The molecule has 0 unspecified atom stereocenters. The molecule has 12 rings (SSSR count). The van der Waals surface area contributed by atoms with E-state index >= 15 is 0 Å². The summed E-state index contributed by atoms with van der Waals surface area (Å²) in [6, 6.07) is 57.7. The lowest BCUT2D eigenvalue weighted by molar-refractivity contribution is 0.621. The zero-order valence-electron chi connectivity index (χ0n) is 27.7. The average Bonchev–Trinajstić information content (AvgIpc) is 3.96. The lowest BCUT2D eigenvalue weighted by Gasteiger charge is -2.12. The standard InChI is InChI=1S/C47H27N3O2/c1-2-13-29(14-3-1)49-38-19-9-6-16-32(38)34-24-25-35-33-17-7-10-20-39(33)50(46(35)45(34)49)30-22-23-36-41(27-30)51-42-26-28-12-4-5-15-31(28)44(43(36)42)47-48-37-18-8-11-21-40(37)52-47/h1-27H. The molecule has 4 heterocycles. The molecule has 0 bridgehead atoms. The van der Waals surface area contributed by atoms with Crippen molar-refractivity contribution >= 4 is 87.4 Å². The van der Waals surface area contributed by atoms with Crippen LogP contribution in [0, 0.1) is 0 Å². The highest BCUT2D eigenvalue weighted by molar-refractivity contribution is 6.24. The molecule has 12 aromatic rings. The van der Waals surface area contributed by atoms with Crippen LogP contribution >= 0.6 is 0 Å². The maximum atomic E-state index is 6.80. The van der Waals surface area contributed by atoms with E-state index in [1.165, 1.54) is 32.6 Å². The molecule has 242 valence electrons. The Bertz CT molecular complexity index is 3380. The molecule has 4 aromatic heterocycles. The molecule has 0 atom stereocenters. The molecule has 0 fully saturated rings. The van der Waals surface area contributed by atoms with E-state index < -0.39 is 0 Å². The van der Waals surface area contributed by atoms with Gasteiger partial charge in [0.05, 0.1) is 33.3 Å². The first-order valence-corrected chi connectivity index (χ1v) is 17.6. The SMILES string of the molecule is c1ccc(-n2c3ccccc3c3ccc4c5ccccc5n(-c5ccc6c(c5)oc5cc7ccccc7c(-c7nc8ccccc8o7)c56)c4c32)cc1. The third-order valence-electron chi connectivity index (χ3n) is 10.7. The summed E-state index contributed by atoms with van der Waals surface area (Å²) in [7, 11) is 0. The Morgan fingerprint density at radius 3 is 1.77 bits per heavy atom. The fourth-order valence-electron chi connectivity index (χ4n) is 8.54. The van der Waals surface area contributed by atoms with Crippen molar-refractivity contribution in [2.24, 2.45) is 0 Å². The van der Waals surface area contributed by atoms with E-state index in [4.69, 9.17) is 13.8 Å². The van der Waals surface area contributed by atoms with Crippen LogP contribution in [0.2, 0.25) is 0 Å². The highest BCUT2D eigenvalue weighted by Crippen LogP contribution is 2.45. The molecule has 0 aliphatic carbocycles. The number of benzene rings is 8. The third kappa shape index (κ3) is 3.69. The van der Waals surface area contributed by atoms with Crippen LogP contribution in [0.3, 0.4) is 0 Å². The molecule has 0 aliphatic rings. The fourth-order valence-corrected chi connectivity index (χ4v) is 8.54. The monoisotopic (exact) mass is 665 g/mol. The molecular weight excluding hydrogens is 639 g/mol. The van der Waals surface area contributed by atoms with Gasteiger partial charge in [0.1, 0.15) is 16.7 Å². The van der Waals surface area contributed by atoms with Gasteiger partial charge >= 0.3 is 0 Å². The third-order valence-corrected chi connectivity index (χ3v) is 10.7. The predicted octanol–water partition coefficient (Wildman–Crippen LogP) is 12.7. The van der Waals surface area contributed by atoms with E-state index in [2.05, 4.69) is 149 Å². The first kappa shape index (κ1) is 27.7. The molecular formula is C47H27N3O2. The maximum absolute atomic E-state index is 6.80. The first-order chi connectivity index (χ1) is 25.8. The van der Waals surface area contributed by atoms with Crippen LogP contribution in [-0.4, -0.2) is 14.1 Å². The van der Waals surface area contributed by atoms with Gasteiger partial charge < -0.3 is 18.0 Å². The molecule has 8 aromatic carbocycles. The number of hydrogen-bond donors (Lipinski definition) is 0. The molecule has 0 saturated carbocycles. The largest absolute Gasteiger partial charge is 0.456 e. The molecule has 0 amide bonds.